The van der Waals surface area contributed by atoms with Gasteiger partial charge in [0.2, 0.25) is 0 Å². The highest BCUT2D eigenvalue weighted by Crippen LogP contribution is 2.39. The Morgan fingerprint density at radius 2 is 2.17 bits per heavy atom. The highest BCUT2D eigenvalue weighted by atomic mass is 35.5. The molecule has 1 aliphatic heterocycles. The number of carbonyl (C=O) groups is 2. The molecule has 0 aromatic carbocycles. The normalized spacial score (nSPS) is 21.0. The lowest BCUT2D eigenvalue weighted by Crippen LogP contribution is -2.20. The summed E-state index contributed by atoms with van der Waals surface area (Å²) in [5.74, 6) is -0.658. The van der Waals surface area contributed by atoms with Crippen molar-refractivity contribution in [1.82, 2.24) is 9.78 Å². The van der Waals surface area contributed by atoms with E-state index in [1.165, 1.54) is 22.1 Å². The highest BCUT2D eigenvalue weighted by Gasteiger charge is 2.32. The number of rotatable bonds is 6. The van der Waals surface area contributed by atoms with Gasteiger partial charge >= 0.3 is 5.97 Å². The fourth-order valence-corrected chi connectivity index (χ4v) is 7.83. The van der Waals surface area contributed by atoms with E-state index in [9.17, 15) is 23.3 Å². The number of nitrogens with zero attached hydrogens (tertiary/aromatic N) is 3. The maximum atomic E-state index is 12.3. The number of sulfone groups is 1. The molecule has 0 unspecified atom stereocenters. The van der Waals surface area contributed by atoms with Crippen LogP contribution in [-0.2, 0) is 37.0 Å². The van der Waals surface area contributed by atoms with Crippen molar-refractivity contribution in [3.63, 3.8) is 0 Å². The van der Waals surface area contributed by atoms with E-state index >= 15 is 0 Å². The van der Waals surface area contributed by atoms with Crippen molar-refractivity contribution in [2.24, 2.45) is 5.92 Å². The van der Waals surface area contributed by atoms with Crippen molar-refractivity contribution >= 4 is 55.7 Å². The fraction of sp³-hybridized carbons (Fsp3) is 0.478. The van der Waals surface area contributed by atoms with Gasteiger partial charge in [0, 0.05) is 16.5 Å². The Morgan fingerprint density at radius 1 is 1.40 bits per heavy atom. The lowest BCUT2D eigenvalue weighted by Gasteiger charge is -2.17. The van der Waals surface area contributed by atoms with E-state index < -0.39 is 28.3 Å². The van der Waals surface area contributed by atoms with Crippen LogP contribution < -0.4 is 5.32 Å². The zero-order valence-electron chi connectivity index (χ0n) is 19.3. The summed E-state index contributed by atoms with van der Waals surface area (Å²) in [7, 11) is -3.10. The molecule has 0 saturated carbocycles. The van der Waals surface area contributed by atoms with Crippen LogP contribution in [0.5, 0.6) is 0 Å². The fourth-order valence-electron chi connectivity index (χ4n) is 4.39. The van der Waals surface area contributed by atoms with Gasteiger partial charge in [0.15, 0.2) is 16.4 Å². The summed E-state index contributed by atoms with van der Waals surface area (Å²) in [5.41, 5.74) is 2.53. The van der Waals surface area contributed by atoms with Crippen LogP contribution in [0.3, 0.4) is 0 Å². The third-order valence-electron chi connectivity index (χ3n) is 6.23. The molecule has 0 bridgehead atoms. The summed E-state index contributed by atoms with van der Waals surface area (Å²) in [5, 5.41) is 17.3. The largest absolute Gasteiger partial charge is 0.452 e. The van der Waals surface area contributed by atoms with E-state index in [2.05, 4.69) is 23.4 Å². The number of esters is 1. The highest BCUT2D eigenvalue weighted by molar-refractivity contribution is 7.91. The number of aromatic nitrogens is 2. The van der Waals surface area contributed by atoms with Crippen molar-refractivity contribution in [3.8, 4) is 6.07 Å². The van der Waals surface area contributed by atoms with E-state index in [0.29, 0.717) is 34.2 Å². The molecule has 1 saturated heterocycles. The van der Waals surface area contributed by atoms with Gasteiger partial charge in [-0.2, -0.15) is 10.4 Å². The monoisotopic (exact) mass is 536 g/mol. The summed E-state index contributed by atoms with van der Waals surface area (Å²) in [6.45, 7) is 3.37. The van der Waals surface area contributed by atoms with Crippen LogP contribution in [-0.4, -0.2) is 48.2 Å². The first-order chi connectivity index (χ1) is 16.6. The molecule has 2 aromatic heterocycles. The third kappa shape index (κ3) is 5.60. The Hall–Kier alpha value is -2.68. The zero-order chi connectivity index (χ0) is 25.3. The molecule has 1 fully saturated rings. The molecule has 0 radical (unpaired) electrons. The topological polar surface area (TPSA) is 131 Å². The van der Waals surface area contributed by atoms with Crippen LogP contribution in [0.4, 0.5) is 5.00 Å². The minimum Gasteiger partial charge on any atom is -0.452 e. The van der Waals surface area contributed by atoms with E-state index in [0.717, 1.165) is 35.8 Å². The Kier molecular flexibility index (Phi) is 7.35. The summed E-state index contributed by atoms with van der Waals surface area (Å²) in [6, 6.07) is 1.85. The lowest BCUT2D eigenvalue weighted by atomic mass is 9.89. The van der Waals surface area contributed by atoms with Crippen LogP contribution >= 0.6 is 22.9 Å². The smallest absolute Gasteiger partial charge is 0.331 e. The molecular weight excluding hydrogens is 512 g/mol. The molecule has 9 nitrogen and oxygen atoms in total. The number of nitrogens with one attached hydrogen (secondary N) is 1. The quantitative estimate of drug-likeness (QED) is 0.441. The number of anilines is 1. The van der Waals surface area contributed by atoms with Gasteiger partial charge in [0.25, 0.3) is 5.91 Å². The molecule has 1 aliphatic carbocycles. The molecule has 2 aromatic rings. The predicted molar refractivity (Wildman–Crippen MR) is 133 cm³/mol. The van der Waals surface area contributed by atoms with E-state index in [4.69, 9.17) is 16.3 Å². The molecule has 2 atom stereocenters. The van der Waals surface area contributed by atoms with Crippen molar-refractivity contribution in [2.75, 3.05) is 23.4 Å². The number of hydrogen-bond donors (Lipinski definition) is 1. The van der Waals surface area contributed by atoms with Crippen LogP contribution in [0.1, 0.15) is 53.1 Å². The average molecular weight is 537 g/mol. The number of hydrogen-bond acceptors (Lipinski definition) is 8. The summed E-state index contributed by atoms with van der Waals surface area (Å²) in [4.78, 5) is 25.6. The predicted octanol–water partition coefficient (Wildman–Crippen LogP) is 3.46. The van der Waals surface area contributed by atoms with Gasteiger partial charge in [-0.15, -0.1) is 11.3 Å². The second kappa shape index (κ2) is 10.1. The minimum absolute atomic E-state index is 0.0199. The first-order valence-corrected chi connectivity index (χ1v) is 14.2. The van der Waals surface area contributed by atoms with Gasteiger partial charge in [-0.1, -0.05) is 18.5 Å². The Labute approximate surface area is 212 Å². The molecule has 4 rings (SSSR count). The molecule has 2 aliphatic rings. The number of aryl methyl sites for hydroxylation is 1. The summed E-state index contributed by atoms with van der Waals surface area (Å²) in [6.07, 6.45) is 5.74. The number of carbonyl (C=O) groups excluding carboxylic acids is 2. The number of amides is 1. The van der Waals surface area contributed by atoms with Gasteiger partial charge in [-0.25, -0.2) is 17.9 Å². The van der Waals surface area contributed by atoms with Crippen molar-refractivity contribution in [3.05, 3.63) is 38.5 Å². The summed E-state index contributed by atoms with van der Waals surface area (Å²) >= 11 is 7.80. The Bertz CT molecular complexity index is 1350. The van der Waals surface area contributed by atoms with Gasteiger partial charge in [-0.05, 0) is 50.2 Å². The second-order valence-corrected chi connectivity index (χ2v) is 12.6. The molecule has 1 amide bonds. The zero-order valence-corrected chi connectivity index (χ0v) is 21.7. The van der Waals surface area contributed by atoms with Crippen molar-refractivity contribution < 1.29 is 22.7 Å². The number of nitriles is 1. The van der Waals surface area contributed by atoms with Gasteiger partial charge in [0.05, 0.1) is 28.8 Å². The molecular formula is C23H25ClN4O5S2. The molecule has 3 heterocycles. The van der Waals surface area contributed by atoms with Crippen LogP contribution in [0.2, 0.25) is 5.15 Å². The number of ether oxygens (including phenoxy) is 1. The molecule has 35 heavy (non-hydrogen) atoms. The first-order valence-electron chi connectivity index (χ1n) is 11.2. The standard InChI is InChI=1S/C23H25ClN4O5S2/c1-13-3-4-17-18(10-25)23(34-19(17)9-13)26-20(29)11-33-21(30)6-5-16-14(2)27-28(22(16)24)15-7-8-35(31,32)12-15/h5-6,13,15H,3-4,7-9,11-12H2,1-2H3,(H,26,29)/b6-5+/t13-,15+/m0/s1. The van der Waals surface area contributed by atoms with Crippen LogP contribution in [0.15, 0.2) is 6.08 Å². The third-order valence-corrected chi connectivity index (χ3v) is 9.53. The van der Waals surface area contributed by atoms with E-state index in [-0.39, 0.29) is 22.7 Å². The first kappa shape index (κ1) is 25.4. The van der Waals surface area contributed by atoms with E-state index in [1.54, 1.807) is 6.92 Å². The van der Waals surface area contributed by atoms with Crippen LogP contribution in [0, 0.1) is 24.2 Å². The lowest BCUT2D eigenvalue weighted by molar-refractivity contribution is -0.142. The van der Waals surface area contributed by atoms with E-state index in [1.807, 2.05) is 0 Å². The molecule has 12 heteroatoms. The Balaban J connectivity index is 1.35. The van der Waals surface area contributed by atoms with Gasteiger partial charge < -0.3 is 10.1 Å². The minimum atomic E-state index is -3.10. The number of halogens is 1. The SMILES string of the molecule is Cc1nn([C@@H]2CCS(=O)(=O)C2)c(Cl)c1/C=C/C(=O)OCC(=O)Nc1sc2c(c1C#N)CC[C@H](C)C2. The molecule has 1 N–H and O–H groups in total. The molecule has 0 spiro atoms. The van der Waals surface area contributed by atoms with Crippen LogP contribution in [0.25, 0.3) is 6.08 Å². The molecule has 186 valence electrons. The maximum absolute atomic E-state index is 12.3. The maximum Gasteiger partial charge on any atom is 0.331 e. The number of fused-ring (bicyclic) bond motifs is 1. The van der Waals surface area contributed by atoms with Gasteiger partial charge in [-0.3, -0.25) is 4.79 Å². The average Bonchev–Trinajstić information content (AvgIpc) is 3.42. The van der Waals surface area contributed by atoms with Crippen molar-refractivity contribution in [1.29, 1.82) is 5.26 Å². The second-order valence-electron chi connectivity index (χ2n) is 8.95. The van der Waals surface area contributed by atoms with Gasteiger partial charge in [0.1, 0.15) is 16.2 Å². The summed E-state index contributed by atoms with van der Waals surface area (Å²) < 4.78 is 30.1. The Morgan fingerprint density at radius 3 is 2.86 bits per heavy atom. The van der Waals surface area contributed by atoms with Crippen molar-refractivity contribution in [2.45, 2.75) is 45.6 Å². The number of thiophene rings is 1.